The van der Waals surface area contributed by atoms with E-state index in [0.717, 1.165) is 18.7 Å². The Morgan fingerprint density at radius 3 is 2.56 bits per heavy atom. The fourth-order valence-electron chi connectivity index (χ4n) is 1.51. The molecule has 2 nitrogen and oxygen atoms in total. The molecule has 0 aromatic heterocycles. The standard InChI is InChI=1S/C14H20N2/c1-13(12-16(2)3)15-11-7-10-14-8-5-4-6-9-14/h4-6,8-9,13,15H,11-12H2,1-3H3. The van der Waals surface area contributed by atoms with Crippen molar-refractivity contribution >= 4 is 0 Å². The Balaban J connectivity index is 2.28. The smallest absolute Gasteiger partial charge is 0.0582 e. The fraction of sp³-hybridized carbons (Fsp3) is 0.429. The molecule has 0 spiro atoms. The Morgan fingerprint density at radius 2 is 1.94 bits per heavy atom. The molecule has 1 aromatic carbocycles. The van der Waals surface area contributed by atoms with E-state index in [-0.39, 0.29) is 0 Å². The van der Waals surface area contributed by atoms with Crippen LogP contribution in [-0.2, 0) is 0 Å². The zero-order valence-corrected chi connectivity index (χ0v) is 10.3. The maximum Gasteiger partial charge on any atom is 0.0582 e. The van der Waals surface area contributed by atoms with Crippen LogP contribution in [-0.4, -0.2) is 38.1 Å². The van der Waals surface area contributed by atoms with E-state index in [4.69, 9.17) is 0 Å². The van der Waals surface area contributed by atoms with Crippen LogP contribution in [0, 0.1) is 11.8 Å². The SMILES string of the molecule is CC(CN(C)C)NCC#Cc1ccccc1. The van der Waals surface area contributed by atoms with Crippen molar-refractivity contribution < 1.29 is 0 Å². The Bertz CT molecular complexity index is 346. The average Bonchev–Trinajstić information content (AvgIpc) is 2.25. The molecule has 1 N–H and O–H groups in total. The van der Waals surface area contributed by atoms with Gasteiger partial charge in [0.25, 0.3) is 0 Å². The summed E-state index contributed by atoms with van der Waals surface area (Å²) in [7, 11) is 4.15. The number of rotatable bonds is 4. The molecule has 2 heteroatoms. The van der Waals surface area contributed by atoms with E-state index < -0.39 is 0 Å². The highest BCUT2D eigenvalue weighted by Crippen LogP contribution is 1.94. The van der Waals surface area contributed by atoms with Crippen LogP contribution in [0.1, 0.15) is 12.5 Å². The first-order valence-electron chi connectivity index (χ1n) is 5.60. The van der Waals surface area contributed by atoms with Crippen molar-refractivity contribution in [2.45, 2.75) is 13.0 Å². The molecular weight excluding hydrogens is 196 g/mol. The molecule has 0 aliphatic rings. The van der Waals surface area contributed by atoms with Gasteiger partial charge >= 0.3 is 0 Å². The molecule has 16 heavy (non-hydrogen) atoms. The number of nitrogens with one attached hydrogen (secondary N) is 1. The summed E-state index contributed by atoms with van der Waals surface area (Å²) in [5, 5.41) is 3.37. The van der Waals surface area contributed by atoms with Crippen LogP contribution < -0.4 is 5.32 Å². The Labute approximate surface area is 98.7 Å². The van der Waals surface area contributed by atoms with Crippen molar-refractivity contribution in [1.29, 1.82) is 0 Å². The molecule has 0 aliphatic carbocycles. The van der Waals surface area contributed by atoms with E-state index in [1.54, 1.807) is 0 Å². The van der Waals surface area contributed by atoms with Gasteiger partial charge in [-0.2, -0.15) is 0 Å². The molecule has 1 rings (SSSR count). The van der Waals surface area contributed by atoms with Crippen LogP contribution in [0.3, 0.4) is 0 Å². The van der Waals surface area contributed by atoms with Crippen molar-refractivity contribution in [2.24, 2.45) is 0 Å². The molecule has 86 valence electrons. The molecule has 0 amide bonds. The maximum atomic E-state index is 3.37. The number of nitrogens with zero attached hydrogens (tertiary/aromatic N) is 1. The van der Waals surface area contributed by atoms with Crippen molar-refractivity contribution in [1.82, 2.24) is 10.2 Å². The number of benzene rings is 1. The Kier molecular flexibility index (Phi) is 5.63. The summed E-state index contributed by atoms with van der Waals surface area (Å²) in [6, 6.07) is 10.5. The first-order chi connectivity index (χ1) is 7.68. The van der Waals surface area contributed by atoms with E-state index in [1.807, 2.05) is 30.3 Å². The molecule has 0 saturated carbocycles. The van der Waals surface area contributed by atoms with Gasteiger partial charge in [0.1, 0.15) is 0 Å². The van der Waals surface area contributed by atoms with E-state index in [2.05, 4.69) is 43.1 Å². The third-order valence-electron chi connectivity index (χ3n) is 2.18. The van der Waals surface area contributed by atoms with Gasteiger partial charge in [-0.3, -0.25) is 0 Å². The number of hydrogen-bond acceptors (Lipinski definition) is 2. The second-order valence-corrected chi connectivity index (χ2v) is 4.21. The van der Waals surface area contributed by atoms with Crippen molar-refractivity contribution in [2.75, 3.05) is 27.2 Å². The molecule has 0 radical (unpaired) electrons. The maximum absolute atomic E-state index is 3.37. The summed E-state index contributed by atoms with van der Waals surface area (Å²) in [6.45, 7) is 3.95. The minimum Gasteiger partial charge on any atom is -0.308 e. The predicted octanol–water partition coefficient (Wildman–Crippen LogP) is 1.58. The normalized spacial score (nSPS) is 12.0. The molecule has 0 bridgehead atoms. The highest BCUT2D eigenvalue weighted by Gasteiger charge is 1.99. The molecular formula is C14H20N2. The Hall–Kier alpha value is -1.30. The van der Waals surface area contributed by atoms with Gasteiger partial charge in [0, 0.05) is 18.2 Å². The van der Waals surface area contributed by atoms with Crippen molar-refractivity contribution in [3.05, 3.63) is 35.9 Å². The van der Waals surface area contributed by atoms with E-state index in [0.29, 0.717) is 6.04 Å². The molecule has 0 saturated heterocycles. The average molecular weight is 216 g/mol. The lowest BCUT2D eigenvalue weighted by molar-refractivity contribution is 0.356. The summed E-state index contributed by atoms with van der Waals surface area (Å²) in [5.41, 5.74) is 1.07. The molecule has 1 unspecified atom stereocenters. The van der Waals surface area contributed by atoms with Crippen LogP contribution in [0.4, 0.5) is 0 Å². The summed E-state index contributed by atoms with van der Waals surface area (Å²) < 4.78 is 0. The molecule has 1 aromatic rings. The molecule has 0 aliphatic heterocycles. The van der Waals surface area contributed by atoms with Crippen LogP contribution in [0.2, 0.25) is 0 Å². The van der Waals surface area contributed by atoms with Gasteiger partial charge in [-0.1, -0.05) is 30.0 Å². The summed E-state index contributed by atoms with van der Waals surface area (Å²) in [5.74, 6) is 6.25. The van der Waals surface area contributed by atoms with E-state index in [9.17, 15) is 0 Å². The lowest BCUT2D eigenvalue weighted by Gasteiger charge is -2.16. The lowest BCUT2D eigenvalue weighted by atomic mass is 10.2. The minimum atomic E-state index is 0.472. The summed E-state index contributed by atoms with van der Waals surface area (Å²) in [6.07, 6.45) is 0. The summed E-state index contributed by atoms with van der Waals surface area (Å²) in [4.78, 5) is 2.17. The zero-order chi connectivity index (χ0) is 11.8. The van der Waals surface area contributed by atoms with Gasteiger partial charge in [0.2, 0.25) is 0 Å². The van der Waals surface area contributed by atoms with Gasteiger partial charge in [-0.05, 0) is 33.2 Å². The van der Waals surface area contributed by atoms with Gasteiger partial charge in [0.05, 0.1) is 6.54 Å². The van der Waals surface area contributed by atoms with Gasteiger partial charge in [-0.15, -0.1) is 0 Å². The molecule has 0 heterocycles. The fourth-order valence-corrected chi connectivity index (χ4v) is 1.51. The first-order valence-corrected chi connectivity index (χ1v) is 5.60. The van der Waals surface area contributed by atoms with Crippen molar-refractivity contribution in [3.63, 3.8) is 0 Å². The van der Waals surface area contributed by atoms with Crippen LogP contribution in [0.25, 0.3) is 0 Å². The van der Waals surface area contributed by atoms with E-state index >= 15 is 0 Å². The highest BCUT2D eigenvalue weighted by molar-refractivity contribution is 5.33. The second-order valence-electron chi connectivity index (χ2n) is 4.21. The monoisotopic (exact) mass is 216 g/mol. The largest absolute Gasteiger partial charge is 0.308 e. The zero-order valence-electron chi connectivity index (χ0n) is 10.3. The van der Waals surface area contributed by atoms with Gasteiger partial charge in [0.15, 0.2) is 0 Å². The van der Waals surface area contributed by atoms with E-state index in [1.165, 1.54) is 0 Å². The first kappa shape index (κ1) is 12.8. The van der Waals surface area contributed by atoms with Crippen molar-refractivity contribution in [3.8, 4) is 11.8 Å². The highest BCUT2D eigenvalue weighted by atomic mass is 15.1. The van der Waals surface area contributed by atoms with Crippen LogP contribution in [0.15, 0.2) is 30.3 Å². The third-order valence-corrected chi connectivity index (χ3v) is 2.18. The predicted molar refractivity (Wildman–Crippen MR) is 69.3 cm³/mol. The van der Waals surface area contributed by atoms with Crippen LogP contribution >= 0.6 is 0 Å². The molecule has 0 fully saturated rings. The Morgan fingerprint density at radius 1 is 1.25 bits per heavy atom. The van der Waals surface area contributed by atoms with Crippen LogP contribution in [0.5, 0.6) is 0 Å². The topological polar surface area (TPSA) is 15.3 Å². The molecule has 1 atom stereocenters. The van der Waals surface area contributed by atoms with Gasteiger partial charge < -0.3 is 10.2 Å². The number of likely N-dealkylation sites (N-methyl/N-ethyl adjacent to an activating group) is 1. The second kappa shape index (κ2) is 7.05. The lowest BCUT2D eigenvalue weighted by Crippen LogP contribution is -2.35. The third kappa shape index (κ3) is 5.55. The minimum absolute atomic E-state index is 0.472. The number of hydrogen-bond donors (Lipinski definition) is 1. The summed E-state index contributed by atoms with van der Waals surface area (Å²) >= 11 is 0. The quantitative estimate of drug-likeness (QED) is 0.769. The van der Waals surface area contributed by atoms with Gasteiger partial charge in [-0.25, -0.2) is 0 Å².